The van der Waals surface area contributed by atoms with Crippen LogP contribution in [0, 0.1) is 83.1 Å². The minimum atomic E-state index is -10.7. The van der Waals surface area contributed by atoms with Crippen molar-refractivity contribution in [2.45, 2.75) is 159 Å². The van der Waals surface area contributed by atoms with Crippen molar-refractivity contribution >= 4 is 40.5 Å². The Labute approximate surface area is 464 Å². The molecule has 434 valence electrons. The van der Waals surface area contributed by atoms with Crippen LogP contribution in [0.1, 0.15) is 140 Å². The first-order valence-electron chi connectivity index (χ1n) is 24.3. The van der Waals surface area contributed by atoms with E-state index in [0.29, 0.717) is 0 Å². The molecule has 0 radical (unpaired) electrons. The topological polar surface area (TPSA) is 49.4 Å². The molecule has 0 heterocycles. The van der Waals surface area contributed by atoms with E-state index >= 15 is 0 Å². The average Bonchev–Trinajstić information content (AvgIpc) is 3.21. The largest absolute Gasteiger partial charge is 1.00 e. The maximum absolute atomic E-state index is 10.7. The Morgan fingerprint density at radius 2 is 0.461 bits per heavy atom. The summed E-state index contributed by atoms with van der Waals surface area (Å²) >= 11 is 0. The smallest absolute Gasteiger partial charge is 1.00 e. The molecule has 0 amide bonds. The second kappa shape index (κ2) is 27.8. The maximum Gasteiger partial charge on any atom is 1.00 e. The molecule has 0 spiro atoms. The van der Waals surface area contributed by atoms with E-state index in [1.165, 1.54) is 115 Å². The van der Waals surface area contributed by atoms with E-state index in [9.17, 15) is 50.4 Å². The van der Waals surface area contributed by atoms with Crippen LogP contribution in [0.25, 0.3) is 0 Å². The molecule has 0 saturated heterocycles. The van der Waals surface area contributed by atoms with Crippen LogP contribution in [0.2, 0.25) is 0 Å². The number of nitrogens with zero attached hydrogens (tertiary/aromatic N) is 4. The van der Waals surface area contributed by atoms with E-state index in [1.54, 1.807) is 12.2 Å². The zero-order valence-electron chi connectivity index (χ0n) is 45.3. The molecule has 2 fully saturated rings. The Hall–Kier alpha value is -3.90. The number of allylic oxidation sites excluding steroid dienone is 2. The fourth-order valence-electron chi connectivity index (χ4n) is 9.14. The van der Waals surface area contributed by atoms with E-state index in [4.69, 9.17) is 20.0 Å². The number of halogens is 12. The fraction of sp³-hybridized carbons (Fsp3) is 0.429. The van der Waals surface area contributed by atoms with Crippen molar-refractivity contribution in [1.82, 2.24) is 0 Å². The molecule has 2 aliphatic carbocycles. The Morgan fingerprint density at radius 1 is 0.329 bits per heavy atom. The first-order chi connectivity index (χ1) is 33.5. The fourth-order valence-corrected chi connectivity index (χ4v) is 9.14. The van der Waals surface area contributed by atoms with Gasteiger partial charge in [-0.25, -0.2) is 0 Å². The normalized spacial score (nSPS) is 19.5. The summed E-state index contributed by atoms with van der Waals surface area (Å²) in [4.78, 5) is 20.1. The van der Waals surface area contributed by atoms with E-state index in [-0.39, 0.29) is 58.3 Å². The molecule has 4 atom stereocenters. The molecule has 0 bridgehead atoms. The van der Waals surface area contributed by atoms with Gasteiger partial charge in [0.25, 0.3) is 0 Å². The number of aryl methyl sites for hydroxylation is 12. The van der Waals surface area contributed by atoms with Gasteiger partial charge in [0, 0.05) is 24.9 Å². The van der Waals surface area contributed by atoms with Crippen molar-refractivity contribution in [3.8, 4) is 0 Å². The second-order valence-electron chi connectivity index (χ2n) is 19.6. The van der Waals surface area contributed by atoms with E-state index in [2.05, 4.69) is 170 Å². The molecule has 0 N–H and O–H groups in total. The van der Waals surface area contributed by atoms with Crippen LogP contribution in [0.15, 0.2) is 93.8 Å². The summed E-state index contributed by atoms with van der Waals surface area (Å²) in [6.07, 6.45) is 21.2. The number of aliphatic imine (C=N–C) groups is 4. The molecule has 0 unspecified atom stereocenters. The minimum absolute atomic E-state index is 0. The monoisotopic (exact) mass is 1220 g/mol. The van der Waals surface area contributed by atoms with Gasteiger partial charge in [0.2, 0.25) is 0 Å². The van der Waals surface area contributed by atoms with Gasteiger partial charge in [-0.3, -0.25) is 20.0 Å². The zero-order chi connectivity index (χ0) is 56.7. The molecule has 76 heavy (non-hydrogen) atoms. The van der Waals surface area contributed by atoms with Gasteiger partial charge in [-0.15, -0.1) is 0 Å². The molecule has 4 aromatic rings. The van der Waals surface area contributed by atoms with Gasteiger partial charge in [0.1, 0.15) is 0 Å². The number of rotatable bonds is 9. The summed E-state index contributed by atoms with van der Waals surface area (Å²) in [6.45, 7) is 32.8. The molecule has 0 aromatic heterocycles. The molecule has 4 aromatic carbocycles. The average molecular weight is 1220 g/mol. The van der Waals surface area contributed by atoms with Crippen LogP contribution in [0.5, 0.6) is 0 Å². The van der Waals surface area contributed by atoms with Crippen molar-refractivity contribution in [2.24, 2.45) is 20.0 Å². The summed E-state index contributed by atoms with van der Waals surface area (Å²) < 4.78 is 118. The molecular formula is C56H74Cu2F12N4P2. The third-order valence-electron chi connectivity index (χ3n) is 12.1. The predicted molar refractivity (Wildman–Crippen MR) is 293 cm³/mol. The third kappa shape index (κ3) is 31.5. The minimum Gasteiger partial charge on any atom is 1.00 e. The molecule has 2 aliphatic rings. The molecule has 4 nitrogen and oxygen atoms in total. The predicted octanol–water partition coefficient (Wildman–Crippen LogP) is 20.9. The Balaban J connectivity index is 0.00000110. The van der Waals surface area contributed by atoms with Crippen molar-refractivity contribution in [2.75, 3.05) is 0 Å². The molecule has 20 heteroatoms. The first kappa shape index (κ1) is 72.1. The first-order valence-corrected chi connectivity index (χ1v) is 28.4. The van der Waals surface area contributed by atoms with E-state index in [1.807, 2.05) is 0 Å². The van der Waals surface area contributed by atoms with Crippen molar-refractivity contribution < 1.29 is 84.5 Å². The van der Waals surface area contributed by atoms with Crippen LogP contribution in [0.4, 0.5) is 50.4 Å². The van der Waals surface area contributed by atoms with Crippen molar-refractivity contribution in [3.63, 3.8) is 0 Å². The van der Waals surface area contributed by atoms with Crippen molar-refractivity contribution in [3.05, 3.63) is 163 Å². The Morgan fingerprint density at radius 3 is 0.579 bits per heavy atom. The van der Waals surface area contributed by atoms with Crippen LogP contribution < -0.4 is 0 Å². The Kier molecular flexibility index (Phi) is 26.4. The van der Waals surface area contributed by atoms with Gasteiger partial charge in [0.15, 0.2) is 0 Å². The summed E-state index contributed by atoms with van der Waals surface area (Å²) in [6, 6.07) is 19.1. The summed E-state index contributed by atoms with van der Waals surface area (Å²) in [5.74, 6) is 0. The summed E-state index contributed by atoms with van der Waals surface area (Å²) in [7, 11) is -21.3. The number of hydrogen-bond donors (Lipinski definition) is 0. The van der Waals surface area contributed by atoms with Gasteiger partial charge in [0.05, 0.1) is 24.2 Å². The van der Waals surface area contributed by atoms with Gasteiger partial charge >= 0.3 is 100 Å². The molecule has 6 rings (SSSR count). The third-order valence-corrected chi connectivity index (χ3v) is 12.1. The van der Waals surface area contributed by atoms with Gasteiger partial charge in [-0.2, -0.15) is 0 Å². The van der Waals surface area contributed by atoms with Crippen LogP contribution in [0.3, 0.4) is 0 Å². The van der Waals surface area contributed by atoms with Gasteiger partial charge in [-0.05, 0) is 176 Å². The number of benzene rings is 4. The van der Waals surface area contributed by atoms with E-state index < -0.39 is 15.6 Å². The molecule has 0 aliphatic heterocycles. The Bertz CT molecular complexity index is 2270. The van der Waals surface area contributed by atoms with Gasteiger partial charge < -0.3 is 0 Å². The number of hydrogen-bond acceptors (Lipinski definition) is 4. The van der Waals surface area contributed by atoms with Crippen LogP contribution in [-0.4, -0.2) is 49.0 Å². The second-order valence-corrected chi connectivity index (χ2v) is 23.4. The molecular weight excluding hydrogens is 1150 g/mol. The summed E-state index contributed by atoms with van der Waals surface area (Å²) in [5, 5.41) is 0. The van der Waals surface area contributed by atoms with Crippen LogP contribution >= 0.6 is 15.6 Å². The standard InChI is InChI=1S/2C26H34N2.C4H6.2Cu.2F6P/c2*1-17-11-19(3)23(20(4)12-17)15-27-25-9-7-8-10-26(25)28-16-24-21(5)13-18(2)14-22(24)6;1-3-4-2;;;2*1-7(2,3,4,5)6/h2*11-16,25-26H,7-10H2,1-6H3;3-4H,1-2H2;;;;/q;;;2*+1;2*-1/t2*25-,26-;;;;;/m10...../s1. The molecule has 2 saturated carbocycles. The van der Waals surface area contributed by atoms with Crippen molar-refractivity contribution in [1.29, 1.82) is 0 Å². The van der Waals surface area contributed by atoms with Gasteiger partial charge in [-0.1, -0.05) is 122 Å². The quantitative estimate of drug-likeness (QED) is 0.0527. The summed E-state index contributed by atoms with van der Waals surface area (Å²) in [5.41, 5.74) is 20.8. The SMILES string of the molecule is C=CC=C.Cc1cc(C)c(C=N[C@@H]2CCCC[C@H]2N=Cc2c(C)cc(C)cc2C)c(C)c1.Cc1cc(C)c(C=N[C@H]2CCCC[C@@H]2N=Cc2c(C)cc(C)cc2C)c(C)c1.F[P-](F)(F)(F)(F)F.F[P-](F)(F)(F)(F)F.[Cu+].[Cu+]. The zero-order valence-corrected chi connectivity index (χ0v) is 49.0. The van der Waals surface area contributed by atoms with E-state index in [0.717, 1.165) is 25.7 Å². The maximum atomic E-state index is 9.87. The van der Waals surface area contributed by atoms with Crippen LogP contribution in [-0.2, 0) is 34.1 Å².